The first-order valence-electron chi connectivity index (χ1n) is 7.08. The molecule has 1 saturated heterocycles. The number of hydrogen-bond donors (Lipinski definition) is 0. The number of ether oxygens (including phenoxy) is 2. The zero-order valence-electron chi connectivity index (χ0n) is 12.6. The van der Waals surface area contributed by atoms with E-state index in [2.05, 4.69) is 17.9 Å². The van der Waals surface area contributed by atoms with Gasteiger partial charge in [-0.15, -0.1) is 0 Å². The quantitative estimate of drug-likeness (QED) is 0.755. The Hall–Kier alpha value is -0.830. The average Bonchev–Trinajstić information content (AvgIpc) is 2.50. The molecule has 1 aliphatic heterocycles. The predicted molar refractivity (Wildman–Crippen MR) is 83.1 cm³/mol. The summed E-state index contributed by atoms with van der Waals surface area (Å²) in [5.74, 6) is 1.74. The number of rotatable bonds is 6. The third-order valence-corrected chi connectivity index (χ3v) is 5.55. The summed E-state index contributed by atoms with van der Waals surface area (Å²) in [5, 5.41) is 0. The third-order valence-electron chi connectivity index (χ3n) is 3.53. The van der Waals surface area contributed by atoms with Crippen LogP contribution in [-0.2, 0) is 11.1 Å². The van der Waals surface area contributed by atoms with Gasteiger partial charge in [-0.05, 0) is 13.0 Å². The lowest BCUT2D eigenvalue weighted by molar-refractivity contribution is 0.271. The first-order chi connectivity index (χ1) is 9.76. The molecule has 0 bridgehead atoms. The summed E-state index contributed by atoms with van der Waals surface area (Å²) < 4.78 is 16.5. The molecule has 0 unspecified atom stereocenters. The van der Waals surface area contributed by atoms with Gasteiger partial charge in [0, 0.05) is 58.3 Å². The fourth-order valence-electron chi connectivity index (χ4n) is 2.42. The second kappa shape index (κ2) is 7.82. The Morgan fingerprint density at radius 2 is 1.90 bits per heavy atom. The summed E-state index contributed by atoms with van der Waals surface area (Å²) in [7, 11) is 3.20. The number of hydrogen-bond acceptors (Lipinski definition) is 4. The van der Waals surface area contributed by atoms with E-state index >= 15 is 0 Å². The van der Waals surface area contributed by atoms with E-state index in [1.165, 1.54) is 17.9 Å². The molecule has 0 atom stereocenters. The second-order valence-electron chi connectivity index (χ2n) is 4.80. The summed E-state index contributed by atoms with van der Waals surface area (Å²) in [6, 6.07) is 6.04. The molecular weight excluding hydrogens is 273 g/mol. The zero-order valence-corrected chi connectivity index (χ0v) is 13.5. The van der Waals surface area contributed by atoms with Gasteiger partial charge in [-0.1, -0.05) is 6.07 Å². The van der Waals surface area contributed by atoms with E-state index in [1.807, 2.05) is 12.1 Å². The fourth-order valence-corrected chi connectivity index (χ4v) is 4.28. The van der Waals surface area contributed by atoms with Crippen LogP contribution in [-0.4, -0.2) is 51.1 Å². The van der Waals surface area contributed by atoms with Crippen LogP contribution >= 0.6 is 8.15 Å². The van der Waals surface area contributed by atoms with E-state index in [0.717, 1.165) is 37.7 Å². The summed E-state index contributed by atoms with van der Waals surface area (Å²) in [6.45, 7) is 6.08. The van der Waals surface area contributed by atoms with E-state index < -0.39 is 0 Å². The van der Waals surface area contributed by atoms with Gasteiger partial charge in [0.05, 0.1) is 14.2 Å². The van der Waals surface area contributed by atoms with Crippen molar-refractivity contribution in [3.05, 3.63) is 23.8 Å². The summed E-state index contributed by atoms with van der Waals surface area (Å²) >= 11 is 0. The monoisotopic (exact) mass is 297 g/mol. The van der Waals surface area contributed by atoms with Crippen molar-refractivity contribution in [3.63, 3.8) is 0 Å². The second-order valence-corrected chi connectivity index (χ2v) is 6.92. The summed E-state index contributed by atoms with van der Waals surface area (Å²) in [4.78, 5) is 2.47. The molecule has 0 aromatic heterocycles. The summed E-state index contributed by atoms with van der Waals surface area (Å²) in [5.41, 5.74) is 1.22. The molecule has 4 nitrogen and oxygen atoms in total. The van der Waals surface area contributed by atoms with E-state index in [9.17, 15) is 0 Å². The minimum Gasteiger partial charge on any atom is -0.497 e. The van der Waals surface area contributed by atoms with Crippen molar-refractivity contribution < 1.29 is 14.0 Å². The minimum atomic E-state index is -0.185. The minimum absolute atomic E-state index is 0.185. The van der Waals surface area contributed by atoms with Gasteiger partial charge in [0.15, 0.2) is 0 Å². The number of nitrogens with zero attached hydrogens (tertiary/aromatic N) is 1. The van der Waals surface area contributed by atoms with Crippen LogP contribution in [0, 0.1) is 0 Å². The lowest BCUT2D eigenvalue weighted by atomic mass is 10.1. The number of methoxy groups -OCH3 is 2. The molecule has 1 aromatic carbocycles. The Balaban J connectivity index is 1.94. The van der Waals surface area contributed by atoms with Gasteiger partial charge < -0.3 is 14.0 Å². The maximum atomic E-state index is 5.75. The van der Waals surface area contributed by atoms with E-state index in [0.29, 0.717) is 0 Å². The normalized spacial score (nSPS) is 17.1. The molecule has 0 N–H and O–H groups in total. The number of benzene rings is 1. The van der Waals surface area contributed by atoms with Gasteiger partial charge >= 0.3 is 0 Å². The maximum Gasteiger partial charge on any atom is 0.127 e. The van der Waals surface area contributed by atoms with E-state index in [-0.39, 0.29) is 8.15 Å². The van der Waals surface area contributed by atoms with Gasteiger partial charge in [-0.3, -0.25) is 4.90 Å². The topological polar surface area (TPSA) is 30.9 Å². The lowest BCUT2D eigenvalue weighted by Crippen LogP contribution is -2.33. The van der Waals surface area contributed by atoms with Crippen LogP contribution < -0.4 is 9.47 Å². The molecule has 0 spiro atoms. The molecule has 1 fully saturated rings. The molecule has 0 amide bonds. The van der Waals surface area contributed by atoms with Crippen LogP contribution in [0.25, 0.3) is 0 Å². The average molecular weight is 297 g/mol. The van der Waals surface area contributed by atoms with Crippen LogP contribution in [0.2, 0.25) is 0 Å². The molecule has 0 aliphatic carbocycles. The lowest BCUT2D eigenvalue weighted by Gasteiger charge is -2.31. The van der Waals surface area contributed by atoms with Gasteiger partial charge in [0.2, 0.25) is 0 Å². The SMILES string of the molecule is CCOP1CCN(Cc2ccc(OC)cc2OC)CC1. The highest BCUT2D eigenvalue weighted by molar-refractivity contribution is 7.52. The molecule has 1 heterocycles. The Morgan fingerprint density at radius 3 is 2.50 bits per heavy atom. The van der Waals surface area contributed by atoms with Crippen LogP contribution in [0.4, 0.5) is 0 Å². The van der Waals surface area contributed by atoms with Gasteiger partial charge in [-0.25, -0.2) is 0 Å². The van der Waals surface area contributed by atoms with Crippen LogP contribution in [0.1, 0.15) is 12.5 Å². The van der Waals surface area contributed by atoms with E-state index in [1.54, 1.807) is 14.2 Å². The van der Waals surface area contributed by atoms with Crippen molar-refractivity contribution >= 4 is 8.15 Å². The smallest absolute Gasteiger partial charge is 0.127 e. The summed E-state index contributed by atoms with van der Waals surface area (Å²) in [6.07, 6.45) is 2.36. The van der Waals surface area contributed by atoms with Crippen molar-refractivity contribution in [2.45, 2.75) is 13.5 Å². The molecular formula is C15H24NO3P. The highest BCUT2D eigenvalue weighted by Crippen LogP contribution is 2.39. The van der Waals surface area contributed by atoms with Crippen molar-refractivity contribution in [2.75, 3.05) is 46.2 Å². The fraction of sp³-hybridized carbons (Fsp3) is 0.600. The van der Waals surface area contributed by atoms with Crippen molar-refractivity contribution in [1.29, 1.82) is 0 Å². The Morgan fingerprint density at radius 1 is 1.15 bits per heavy atom. The molecule has 1 aromatic rings. The first-order valence-corrected chi connectivity index (χ1v) is 8.71. The van der Waals surface area contributed by atoms with Crippen LogP contribution in [0.3, 0.4) is 0 Å². The van der Waals surface area contributed by atoms with E-state index in [4.69, 9.17) is 14.0 Å². The van der Waals surface area contributed by atoms with Crippen molar-refractivity contribution in [2.24, 2.45) is 0 Å². The zero-order chi connectivity index (χ0) is 14.4. The molecule has 0 saturated carbocycles. The molecule has 5 heteroatoms. The van der Waals surface area contributed by atoms with Crippen molar-refractivity contribution in [3.8, 4) is 11.5 Å². The first kappa shape index (κ1) is 15.6. The maximum absolute atomic E-state index is 5.75. The Kier molecular flexibility index (Phi) is 6.08. The largest absolute Gasteiger partial charge is 0.497 e. The third kappa shape index (κ3) is 4.08. The van der Waals surface area contributed by atoms with Gasteiger partial charge in [0.1, 0.15) is 11.5 Å². The highest BCUT2D eigenvalue weighted by atomic mass is 31.1. The van der Waals surface area contributed by atoms with Crippen LogP contribution in [0.5, 0.6) is 11.5 Å². The standard InChI is InChI=1S/C15H24NO3P/c1-4-19-20-9-7-16(8-10-20)12-13-5-6-14(17-2)11-15(13)18-3/h5-6,11H,4,7-10,12H2,1-3H3. The molecule has 2 rings (SSSR count). The predicted octanol–water partition coefficient (Wildman–Crippen LogP) is 2.95. The van der Waals surface area contributed by atoms with Crippen LogP contribution in [0.15, 0.2) is 18.2 Å². The van der Waals surface area contributed by atoms with Gasteiger partial charge in [-0.2, -0.15) is 0 Å². The Bertz CT molecular complexity index is 420. The van der Waals surface area contributed by atoms with Crippen molar-refractivity contribution in [1.82, 2.24) is 4.90 Å². The van der Waals surface area contributed by atoms with Gasteiger partial charge in [0.25, 0.3) is 0 Å². The Labute approximate surface area is 122 Å². The molecule has 1 aliphatic rings. The highest BCUT2D eigenvalue weighted by Gasteiger charge is 2.20. The molecule has 20 heavy (non-hydrogen) atoms. The molecule has 0 radical (unpaired) electrons. The molecule has 112 valence electrons.